The molecule has 0 fully saturated rings. The van der Waals surface area contributed by atoms with E-state index in [-0.39, 0.29) is 5.97 Å². The molecule has 0 aliphatic heterocycles. The van der Waals surface area contributed by atoms with Gasteiger partial charge in [0.25, 0.3) is 0 Å². The number of nitrogen functional groups attached to an aromatic ring is 1. The molecule has 1 aliphatic carbocycles. The van der Waals surface area contributed by atoms with Crippen LogP contribution in [-0.4, -0.2) is 27.3 Å². The van der Waals surface area contributed by atoms with E-state index in [9.17, 15) is 4.79 Å². The van der Waals surface area contributed by atoms with Crippen molar-refractivity contribution in [1.82, 2.24) is 9.97 Å². The van der Waals surface area contributed by atoms with Gasteiger partial charge < -0.3 is 10.5 Å². The van der Waals surface area contributed by atoms with Crippen molar-refractivity contribution in [2.45, 2.75) is 70.7 Å². The highest BCUT2D eigenvalue weighted by Crippen LogP contribution is 2.44. The number of nitrogens with two attached hydrogens (primary N) is 1. The molecule has 0 saturated carbocycles. The molecule has 2 N–H and O–H groups in total. The number of rotatable bonds is 4. The Bertz CT molecular complexity index is 868. The Hall–Kier alpha value is -1.34. The van der Waals surface area contributed by atoms with Gasteiger partial charge in [0.15, 0.2) is 5.16 Å². The molecule has 0 amide bonds. The zero-order valence-electron chi connectivity index (χ0n) is 17.0. The number of aromatic nitrogens is 2. The largest absolute Gasteiger partial charge is 0.465 e. The number of carbonyl (C=O) groups excluding carboxylic acids is 1. The van der Waals surface area contributed by atoms with Gasteiger partial charge in [0.2, 0.25) is 0 Å². The SMILES string of the molecule is CCOC(=O)C(C)(C)Sc1nc(N)c2c3c(sc2n1)CC(C(C)(C)C)CC3. The summed E-state index contributed by atoms with van der Waals surface area (Å²) >= 11 is 3.04. The minimum absolute atomic E-state index is 0.268. The van der Waals surface area contributed by atoms with Gasteiger partial charge in [-0.05, 0) is 56.9 Å². The molecule has 3 rings (SSSR count). The van der Waals surface area contributed by atoms with Gasteiger partial charge in [-0.2, -0.15) is 0 Å². The summed E-state index contributed by atoms with van der Waals surface area (Å²) in [6, 6.07) is 0. The van der Waals surface area contributed by atoms with Crippen LogP contribution in [-0.2, 0) is 22.4 Å². The second-order valence-corrected chi connectivity index (χ2v) is 11.4. The maximum absolute atomic E-state index is 12.2. The second-order valence-electron chi connectivity index (χ2n) is 8.71. The highest BCUT2D eigenvalue weighted by Gasteiger charge is 2.34. The zero-order valence-corrected chi connectivity index (χ0v) is 18.6. The maximum atomic E-state index is 12.2. The number of aryl methyl sites for hydroxylation is 1. The molecule has 0 spiro atoms. The molecule has 0 radical (unpaired) electrons. The van der Waals surface area contributed by atoms with Gasteiger partial charge in [-0.3, -0.25) is 4.79 Å². The summed E-state index contributed by atoms with van der Waals surface area (Å²) in [5, 5.41) is 1.55. The molecule has 0 aromatic carbocycles. The summed E-state index contributed by atoms with van der Waals surface area (Å²) in [7, 11) is 0. The van der Waals surface area contributed by atoms with Gasteiger partial charge >= 0.3 is 5.97 Å². The molecular weight excluding hydrogens is 378 g/mol. The number of esters is 1. The molecule has 2 heterocycles. The average Bonchev–Trinajstić information content (AvgIpc) is 2.91. The molecule has 1 aliphatic rings. The first-order chi connectivity index (χ1) is 12.5. The first-order valence-electron chi connectivity index (χ1n) is 9.47. The quantitative estimate of drug-likeness (QED) is 0.443. The Morgan fingerprint density at radius 3 is 2.63 bits per heavy atom. The highest BCUT2D eigenvalue weighted by atomic mass is 32.2. The second kappa shape index (κ2) is 7.24. The van der Waals surface area contributed by atoms with E-state index in [1.807, 2.05) is 13.8 Å². The van der Waals surface area contributed by atoms with E-state index in [0.29, 0.717) is 28.9 Å². The minimum Gasteiger partial charge on any atom is -0.465 e. The van der Waals surface area contributed by atoms with E-state index < -0.39 is 4.75 Å². The number of thioether (sulfide) groups is 1. The Kier molecular flexibility index (Phi) is 5.47. The van der Waals surface area contributed by atoms with Crippen LogP contribution in [0.1, 0.15) is 58.4 Å². The first kappa shape index (κ1) is 20.4. The van der Waals surface area contributed by atoms with Crippen molar-refractivity contribution >= 4 is 45.1 Å². The summed E-state index contributed by atoms with van der Waals surface area (Å²) < 4.78 is 4.40. The summed E-state index contributed by atoms with van der Waals surface area (Å²) in [5.41, 5.74) is 7.95. The standard InChI is InChI=1S/C20H29N3O2S2/c1-7-25-17(24)20(5,6)27-18-22-15(21)14-12-9-8-11(19(2,3)4)10-13(12)26-16(14)23-18/h11H,7-10H2,1-6H3,(H2,21,22,23). The van der Waals surface area contributed by atoms with Gasteiger partial charge in [-0.25, -0.2) is 9.97 Å². The lowest BCUT2D eigenvalue weighted by molar-refractivity contribution is -0.145. The van der Waals surface area contributed by atoms with Gasteiger partial charge in [0.05, 0.1) is 12.0 Å². The first-order valence-corrected chi connectivity index (χ1v) is 11.1. The number of ether oxygens (including phenoxy) is 1. The lowest BCUT2D eigenvalue weighted by Crippen LogP contribution is -2.30. The number of thiophene rings is 1. The van der Waals surface area contributed by atoms with Gasteiger partial charge in [0.1, 0.15) is 15.4 Å². The Morgan fingerprint density at radius 2 is 2.00 bits per heavy atom. The van der Waals surface area contributed by atoms with Crippen LogP contribution in [0, 0.1) is 11.3 Å². The van der Waals surface area contributed by atoms with Gasteiger partial charge in [-0.1, -0.05) is 32.5 Å². The fourth-order valence-electron chi connectivity index (χ4n) is 3.54. The summed E-state index contributed by atoms with van der Waals surface area (Å²) in [5.74, 6) is 0.925. The number of hydrogen-bond donors (Lipinski definition) is 1. The van der Waals surface area contributed by atoms with Crippen molar-refractivity contribution in [1.29, 1.82) is 0 Å². The van der Waals surface area contributed by atoms with E-state index in [1.54, 1.807) is 18.3 Å². The molecular formula is C20H29N3O2S2. The molecule has 2 aromatic rings. The number of anilines is 1. The van der Waals surface area contributed by atoms with Crippen LogP contribution in [0.15, 0.2) is 5.16 Å². The van der Waals surface area contributed by atoms with E-state index in [0.717, 1.165) is 23.1 Å². The van der Waals surface area contributed by atoms with Crippen LogP contribution >= 0.6 is 23.1 Å². The van der Waals surface area contributed by atoms with Crippen molar-refractivity contribution < 1.29 is 9.53 Å². The van der Waals surface area contributed by atoms with Gasteiger partial charge in [-0.15, -0.1) is 11.3 Å². The highest BCUT2D eigenvalue weighted by molar-refractivity contribution is 8.01. The van der Waals surface area contributed by atoms with E-state index >= 15 is 0 Å². The van der Waals surface area contributed by atoms with E-state index in [4.69, 9.17) is 15.5 Å². The third-order valence-corrected chi connectivity index (χ3v) is 7.44. The minimum atomic E-state index is -0.760. The van der Waals surface area contributed by atoms with Crippen molar-refractivity contribution in [3.05, 3.63) is 10.4 Å². The van der Waals surface area contributed by atoms with Crippen molar-refractivity contribution in [3.63, 3.8) is 0 Å². The summed E-state index contributed by atoms with van der Waals surface area (Å²) in [6.45, 7) is 12.8. The molecule has 27 heavy (non-hydrogen) atoms. The van der Waals surface area contributed by atoms with Crippen LogP contribution < -0.4 is 5.73 Å². The lowest BCUT2D eigenvalue weighted by atomic mass is 9.72. The smallest absolute Gasteiger partial charge is 0.322 e. The average molecular weight is 408 g/mol. The molecule has 2 aromatic heterocycles. The van der Waals surface area contributed by atoms with Crippen molar-refractivity contribution in [2.24, 2.45) is 11.3 Å². The monoisotopic (exact) mass is 407 g/mol. The number of nitrogens with zero attached hydrogens (tertiary/aromatic N) is 2. The Balaban J connectivity index is 1.93. The predicted molar refractivity (Wildman–Crippen MR) is 113 cm³/mol. The molecule has 1 atom stereocenters. The normalized spacial score (nSPS) is 17.8. The van der Waals surface area contributed by atoms with Crippen LogP contribution in [0.3, 0.4) is 0 Å². The Morgan fingerprint density at radius 1 is 1.30 bits per heavy atom. The van der Waals surface area contributed by atoms with Crippen LogP contribution in [0.25, 0.3) is 10.2 Å². The van der Waals surface area contributed by atoms with Crippen LogP contribution in [0.2, 0.25) is 0 Å². The lowest BCUT2D eigenvalue weighted by Gasteiger charge is -2.33. The number of fused-ring (bicyclic) bond motifs is 3. The predicted octanol–water partition coefficient (Wildman–Crippen LogP) is 4.86. The van der Waals surface area contributed by atoms with Crippen molar-refractivity contribution in [3.8, 4) is 0 Å². The topological polar surface area (TPSA) is 78.1 Å². The van der Waals surface area contributed by atoms with E-state index in [1.165, 1.54) is 28.6 Å². The molecule has 0 saturated heterocycles. The molecule has 1 unspecified atom stereocenters. The summed E-state index contributed by atoms with van der Waals surface area (Å²) in [4.78, 5) is 23.8. The number of hydrogen-bond acceptors (Lipinski definition) is 7. The van der Waals surface area contributed by atoms with E-state index in [2.05, 4.69) is 25.8 Å². The molecule has 7 heteroatoms. The fraction of sp³-hybridized carbons (Fsp3) is 0.650. The van der Waals surface area contributed by atoms with Crippen LogP contribution in [0.5, 0.6) is 0 Å². The summed E-state index contributed by atoms with van der Waals surface area (Å²) in [6.07, 6.45) is 3.29. The fourth-order valence-corrected chi connectivity index (χ4v) is 5.79. The third kappa shape index (κ3) is 4.09. The Labute approximate surface area is 169 Å². The van der Waals surface area contributed by atoms with Crippen molar-refractivity contribution in [2.75, 3.05) is 12.3 Å². The molecule has 0 bridgehead atoms. The number of carbonyl (C=O) groups is 1. The molecule has 5 nitrogen and oxygen atoms in total. The molecule has 148 valence electrons. The third-order valence-electron chi connectivity index (χ3n) is 5.25. The van der Waals surface area contributed by atoms with Crippen LogP contribution in [0.4, 0.5) is 5.82 Å². The van der Waals surface area contributed by atoms with Gasteiger partial charge in [0, 0.05) is 4.88 Å². The zero-order chi connectivity index (χ0) is 20.0. The maximum Gasteiger partial charge on any atom is 0.322 e.